The molecule has 2 aliphatic rings. The van der Waals surface area contributed by atoms with Gasteiger partial charge in [0.05, 0.1) is 6.04 Å². The number of piperidine rings is 1. The summed E-state index contributed by atoms with van der Waals surface area (Å²) in [6.45, 7) is 2.97. The lowest BCUT2D eigenvalue weighted by atomic mass is 9.99. The fraction of sp³-hybridized carbons (Fsp3) is 0.706. The zero-order valence-corrected chi connectivity index (χ0v) is 14.9. The number of nitrogens with zero attached hydrogens (tertiary/aromatic N) is 2. The van der Waals surface area contributed by atoms with Gasteiger partial charge in [-0.15, -0.1) is 0 Å². The predicted octanol–water partition coefficient (Wildman–Crippen LogP) is 2.28. The van der Waals surface area contributed by atoms with Crippen molar-refractivity contribution in [3.63, 3.8) is 0 Å². The van der Waals surface area contributed by atoms with E-state index in [1.807, 2.05) is 0 Å². The van der Waals surface area contributed by atoms with Gasteiger partial charge in [0.2, 0.25) is 0 Å². The molecule has 5 nitrogen and oxygen atoms in total. The van der Waals surface area contributed by atoms with Crippen LogP contribution in [0.1, 0.15) is 37.3 Å². The van der Waals surface area contributed by atoms with Crippen molar-refractivity contribution in [3.05, 3.63) is 22.4 Å². The molecule has 1 aromatic heterocycles. The van der Waals surface area contributed by atoms with Crippen LogP contribution in [0, 0.1) is 0 Å². The number of amides is 2. The number of carbonyl (C=O) groups is 1. The number of hydrogen-bond donors (Lipinski definition) is 2. The third kappa shape index (κ3) is 4.05. The Hall–Kier alpha value is -1.11. The van der Waals surface area contributed by atoms with E-state index in [1.54, 1.807) is 11.3 Å². The van der Waals surface area contributed by atoms with Crippen LogP contribution in [0.5, 0.6) is 0 Å². The zero-order chi connectivity index (χ0) is 16.2. The van der Waals surface area contributed by atoms with Gasteiger partial charge < -0.3 is 15.5 Å². The highest BCUT2D eigenvalue weighted by Gasteiger charge is 2.36. The summed E-state index contributed by atoms with van der Waals surface area (Å²) in [6, 6.07) is 3.20. The summed E-state index contributed by atoms with van der Waals surface area (Å²) in [4.78, 5) is 17.0. The lowest BCUT2D eigenvalue weighted by Crippen LogP contribution is -2.50. The van der Waals surface area contributed by atoms with Gasteiger partial charge in [-0.3, -0.25) is 4.90 Å². The number of thiophene rings is 1. The van der Waals surface area contributed by atoms with Gasteiger partial charge in [-0.05, 0) is 62.3 Å². The molecule has 0 spiro atoms. The minimum absolute atomic E-state index is 0.0236. The Morgan fingerprint density at radius 2 is 2.26 bits per heavy atom. The molecule has 2 saturated heterocycles. The average molecular weight is 337 g/mol. The zero-order valence-electron chi connectivity index (χ0n) is 14.1. The number of rotatable bonds is 5. The Morgan fingerprint density at radius 1 is 1.39 bits per heavy atom. The summed E-state index contributed by atoms with van der Waals surface area (Å²) in [7, 11) is 4.11. The molecular weight excluding hydrogens is 308 g/mol. The normalized spacial score (nSPS) is 26.0. The summed E-state index contributed by atoms with van der Waals surface area (Å²) in [6.07, 6.45) is 4.91. The minimum atomic E-state index is -0.0236. The van der Waals surface area contributed by atoms with E-state index >= 15 is 0 Å². The Morgan fingerprint density at radius 3 is 3.00 bits per heavy atom. The summed E-state index contributed by atoms with van der Waals surface area (Å²) >= 11 is 1.70. The maximum absolute atomic E-state index is 12.3. The van der Waals surface area contributed by atoms with Crippen molar-refractivity contribution >= 4 is 17.4 Å². The van der Waals surface area contributed by atoms with Crippen molar-refractivity contribution in [2.75, 3.05) is 33.7 Å². The highest BCUT2D eigenvalue weighted by Crippen LogP contribution is 2.27. The fourth-order valence-electron chi connectivity index (χ4n) is 3.89. The molecule has 1 aromatic rings. The Bertz CT molecular complexity index is 505. The van der Waals surface area contributed by atoms with Gasteiger partial charge in [0.1, 0.15) is 0 Å². The van der Waals surface area contributed by atoms with Gasteiger partial charge in [-0.1, -0.05) is 6.42 Å². The van der Waals surface area contributed by atoms with E-state index < -0.39 is 0 Å². The molecule has 2 amide bonds. The molecule has 0 aliphatic carbocycles. The van der Waals surface area contributed by atoms with E-state index in [2.05, 4.69) is 51.4 Å². The van der Waals surface area contributed by atoms with Crippen LogP contribution in [0.15, 0.2) is 16.8 Å². The van der Waals surface area contributed by atoms with Crippen LogP contribution < -0.4 is 10.6 Å². The van der Waals surface area contributed by atoms with E-state index in [0.29, 0.717) is 18.6 Å². The number of hydrogen-bond acceptors (Lipinski definition) is 4. The van der Waals surface area contributed by atoms with Crippen LogP contribution in [0.3, 0.4) is 0 Å². The largest absolute Gasteiger partial charge is 0.336 e. The Balaban J connectivity index is 1.49. The smallest absolute Gasteiger partial charge is 0.315 e. The first-order valence-corrected chi connectivity index (χ1v) is 9.56. The molecule has 0 radical (unpaired) electrons. The van der Waals surface area contributed by atoms with E-state index in [1.165, 1.54) is 31.4 Å². The van der Waals surface area contributed by atoms with E-state index in [-0.39, 0.29) is 12.1 Å². The molecule has 0 bridgehead atoms. The Kier molecular flexibility index (Phi) is 5.56. The molecule has 3 rings (SSSR count). The monoisotopic (exact) mass is 336 g/mol. The topological polar surface area (TPSA) is 47.6 Å². The first kappa shape index (κ1) is 16.7. The van der Waals surface area contributed by atoms with Gasteiger partial charge >= 0.3 is 6.03 Å². The molecule has 2 aliphatic heterocycles. The highest BCUT2D eigenvalue weighted by molar-refractivity contribution is 7.07. The van der Waals surface area contributed by atoms with Gasteiger partial charge in [0.25, 0.3) is 0 Å². The molecule has 3 heterocycles. The van der Waals surface area contributed by atoms with Crippen molar-refractivity contribution in [2.45, 2.75) is 43.8 Å². The quantitative estimate of drug-likeness (QED) is 0.867. The van der Waals surface area contributed by atoms with Crippen LogP contribution in [0.2, 0.25) is 0 Å². The van der Waals surface area contributed by atoms with Gasteiger partial charge in [0.15, 0.2) is 0 Å². The maximum Gasteiger partial charge on any atom is 0.315 e. The number of likely N-dealkylation sites (N-methyl/N-ethyl adjacent to an activating group) is 1. The lowest BCUT2D eigenvalue weighted by Gasteiger charge is -2.32. The number of nitrogens with one attached hydrogen (secondary N) is 2. The summed E-state index contributed by atoms with van der Waals surface area (Å²) in [5.74, 6) is 0. The molecule has 23 heavy (non-hydrogen) atoms. The molecule has 3 unspecified atom stereocenters. The van der Waals surface area contributed by atoms with Crippen molar-refractivity contribution < 1.29 is 4.79 Å². The summed E-state index contributed by atoms with van der Waals surface area (Å²) < 4.78 is 0. The third-order valence-electron chi connectivity index (χ3n) is 5.18. The standard InChI is InChI=1S/C17H28N4OS/c1-20(2)16(13-7-10-23-12-13)11-18-17(22)19-14-6-9-21-8-4-3-5-15(14)21/h7,10,12,14-16H,3-6,8-9,11H2,1-2H3,(H2,18,19,22). The maximum atomic E-state index is 12.3. The van der Waals surface area contributed by atoms with Crippen molar-refractivity contribution in [2.24, 2.45) is 0 Å². The van der Waals surface area contributed by atoms with Gasteiger partial charge in [0, 0.05) is 25.2 Å². The molecule has 0 saturated carbocycles. The SMILES string of the molecule is CN(C)C(CNC(=O)NC1CCN2CCCCC12)c1ccsc1. The third-order valence-corrected chi connectivity index (χ3v) is 5.88. The molecule has 128 valence electrons. The van der Waals surface area contributed by atoms with Crippen LogP contribution in [0.4, 0.5) is 4.79 Å². The predicted molar refractivity (Wildman–Crippen MR) is 94.9 cm³/mol. The highest BCUT2D eigenvalue weighted by atomic mass is 32.1. The molecule has 0 aromatic carbocycles. The molecule has 2 N–H and O–H groups in total. The van der Waals surface area contributed by atoms with Crippen LogP contribution in [0.25, 0.3) is 0 Å². The number of carbonyl (C=O) groups excluding carboxylic acids is 1. The molecule has 3 atom stereocenters. The first-order valence-electron chi connectivity index (χ1n) is 8.62. The van der Waals surface area contributed by atoms with Crippen LogP contribution >= 0.6 is 11.3 Å². The summed E-state index contributed by atoms with van der Waals surface area (Å²) in [5, 5.41) is 10.5. The van der Waals surface area contributed by atoms with Crippen LogP contribution in [-0.2, 0) is 0 Å². The van der Waals surface area contributed by atoms with Gasteiger partial charge in [-0.25, -0.2) is 4.79 Å². The molecular formula is C17H28N4OS. The second-order valence-corrected chi connectivity index (χ2v) is 7.66. The van der Waals surface area contributed by atoms with Gasteiger partial charge in [-0.2, -0.15) is 11.3 Å². The second kappa shape index (κ2) is 7.64. The van der Waals surface area contributed by atoms with Crippen molar-refractivity contribution in [1.82, 2.24) is 20.4 Å². The summed E-state index contributed by atoms with van der Waals surface area (Å²) in [5.41, 5.74) is 1.26. The second-order valence-electron chi connectivity index (χ2n) is 6.88. The number of fused-ring (bicyclic) bond motifs is 1. The van der Waals surface area contributed by atoms with Crippen molar-refractivity contribution in [3.8, 4) is 0 Å². The fourth-order valence-corrected chi connectivity index (χ4v) is 4.59. The number of urea groups is 1. The Labute approximate surface area is 143 Å². The molecule has 6 heteroatoms. The lowest BCUT2D eigenvalue weighted by molar-refractivity contribution is 0.178. The van der Waals surface area contributed by atoms with Crippen molar-refractivity contribution in [1.29, 1.82) is 0 Å². The molecule has 2 fully saturated rings. The minimum Gasteiger partial charge on any atom is -0.336 e. The van der Waals surface area contributed by atoms with E-state index in [4.69, 9.17) is 0 Å². The van der Waals surface area contributed by atoms with Crippen LogP contribution in [-0.4, -0.2) is 61.6 Å². The van der Waals surface area contributed by atoms with E-state index in [9.17, 15) is 4.79 Å². The average Bonchev–Trinajstić information content (AvgIpc) is 3.18. The first-order chi connectivity index (χ1) is 11.1. The van der Waals surface area contributed by atoms with E-state index in [0.717, 1.165) is 13.0 Å².